The minimum Gasteiger partial charge on any atom is -0.462 e. The fourth-order valence-corrected chi connectivity index (χ4v) is 2.11. The summed E-state index contributed by atoms with van der Waals surface area (Å²) in [5.41, 5.74) is 0.509. The topological polar surface area (TPSA) is 59.0 Å². The van der Waals surface area contributed by atoms with Gasteiger partial charge in [0.25, 0.3) is 0 Å². The van der Waals surface area contributed by atoms with Crippen LogP contribution < -0.4 is 4.84 Å². The molecule has 1 saturated heterocycles. The van der Waals surface area contributed by atoms with Gasteiger partial charge in [0, 0.05) is 6.54 Å². The fraction of sp³-hybridized carbons (Fsp3) is 0.500. The van der Waals surface area contributed by atoms with E-state index >= 15 is 0 Å². The number of hydroxylamine groups is 2. The number of aliphatic hydroxyl groups is 1. The van der Waals surface area contributed by atoms with E-state index < -0.39 is 0 Å². The Morgan fingerprint density at radius 2 is 2.16 bits per heavy atom. The minimum absolute atomic E-state index is 0.0599. The Morgan fingerprint density at radius 3 is 2.79 bits per heavy atom. The van der Waals surface area contributed by atoms with E-state index in [1.54, 1.807) is 36.3 Å². The molecular formula is C14H19NO4. The lowest BCUT2D eigenvalue weighted by Gasteiger charge is -2.22. The second kappa shape index (κ2) is 6.54. The van der Waals surface area contributed by atoms with Gasteiger partial charge in [0.05, 0.1) is 24.8 Å². The molecule has 0 saturated carbocycles. The molecule has 1 heterocycles. The number of ether oxygens (including phenoxy) is 1. The van der Waals surface area contributed by atoms with Crippen molar-refractivity contribution in [2.75, 3.05) is 19.8 Å². The van der Waals surface area contributed by atoms with Crippen molar-refractivity contribution in [3.63, 3.8) is 0 Å². The van der Waals surface area contributed by atoms with Crippen LogP contribution in [0.4, 0.5) is 0 Å². The number of hydrogen-bond donors (Lipinski definition) is 1. The summed E-state index contributed by atoms with van der Waals surface area (Å²) < 4.78 is 4.91. The largest absolute Gasteiger partial charge is 0.462 e. The van der Waals surface area contributed by atoms with Gasteiger partial charge >= 0.3 is 5.97 Å². The number of nitrogens with zero attached hydrogens (tertiary/aromatic N) is 1. The maximum absolute atomic E-state index is 11.5. The summed E-state index contributed by atoms with van der Waals surface area (Å²) in [5, 5.41) is 11.0. The fourth-order valence-electron chi connectivity index (χ4n) is 2.11. The van der Waals surface area contributed by atoms with Crippen molar-refractivity contribution in [1.82, 2.24) is 5.06 Å². The van der Waals surface area contributed by atoms with Gasteiger partial charge in [-0.3, -0.25) is 0 Å². The van der Waals surface area contributed by atoms with Gasteiger partial charge in [0.1, 0.15) is 5.75 Å². The van der Waals surface area contributed by atoms with Crippen molar-refractivity contribution in [2.45, 2.75) is 25.8 Å². The molecule has 5 nitrogen and oxygen atoms in total. The molecule has 19 heavy (non-hydrogen) atoms. The predicted molar refractivity (Wildman–Crippen MR) is 69.8 cm³/mol. The second-order valence-electron chi connectivity index (χ2n) is 4.46. The summed E-state index contributed by atoms with van der Waals surface area (Å²) >= 11 is 0. The molecule has 1 N–H and O–H groups in total. The van der Waals surface area contributed by atoms with Crippen molar-refractivity contribution in [2.24, 2.45) is 0 Å². The van der Waals surface area contributed by atoms with Crippen molar-refractivity contribution >= 4 is 5.97 Å². The molecule has 1 aromatic rings. The van der Waals surface area contributed by atoms with E-state index in [1.165, 1.54) is 0 Å². The maximum Gasteiger partial charge on any atom is 0.338 e. The van der Waals surface area contributed by atoms with Gasteiger partial charge in [-0.25, -0.2) is 4.79 Å². The molecule has 1 fully saturated rings. The third kappa shape index (κ3) is 3.45. The van der Waals surface area contributed by atoms with Crippen LogP contribution in [0.15, 0.2) is 24.3 Å². The Labute approximate surface area is 112 Å². The van der Waals surface area contributed by atoms with Crippen LogP contribution in [0, 0.1) is 0 Å². The third-order valence-corrected chi connectivity index (χ3v) is 3.12. The van der Waals surface area contributed by atoms with Crippen LogP contribution >= 0.6 is 0 Å². The highest BCUT2D eigenvalue weighted by atomic mass is 16.7. The zero-order chi connectivity index (χ0) is 13.7. The van der Waals surface area contributed by atoms with Crippen molar-refractivity contribution in [3.8, 4) is 5.75 Å². The molecule has 1 aliphatic rings. The lowest BCUT2D eigenvalue weighted by Crippen LogP contribution is -2.35. The highest BCUT2D eigenvalue weighted by Gasteiger charge is 2.25. The van der Waals surface area contributed by atoms with Gasteiger partial charge in [0.2, 0.25) is 0 Å². The van der Waals surface area contributed by atoms with E-state index in [-0.39, 0.29) is 18.6 Å². The summed E-state index contributed by atoms with van der Waals surface area (Å²) in [6.07, 6.45) is 1.96. The first-order valence-corrected chi connectivity index (χ1v) is 6.57. The molecule has 0 unspecified atom stereocenters. The normalized spacial score (nSPS) is 19.4. The van der Waals surface area contributed by atoms with Crippen LogP contribution in [-0.4, -0.2) is 41.9 Å². The quantitative estimate of drug-likeness (QED) is 0.820. The molecule has 0 amide bonds. The first-order valence-electron chi connectivity index (χ1n) is 6.57. The van der Waals surface area contributed by atoms with Gasteiger partial charge in [-0.05, 0) is 44.0 Å². The van der Waals surface area contributed by atoms with E-state index in [0.717, 1.165) is 19.4 Å². The van der Waals surface area contributed by atoms with Crippen LogP contribution in [0.3, 0.4) is 0 Å². The van der Waals surface area contributed by atoms with E-state index in [0.29, 0.717) is 17.9 Å². The Hall–Kier alpha value is -1.59. The average Bonchev–Trinajstić information content (AvgIpc) is 2.87. The van der Waals surface area contributed by atoms with Gasteiger partial charge in [-0.2, -0.15) is 0 Å². The molecule has 2 rings (SSSR count). The van der Waals surface area contributed by atoms with Crippen molar-refractivity contribution in [3.05, 3.63) is 29.8 Å². The molecule has 0 radical (unpaired) electrons. The number of benzene rings is 1. The van der Waals surface area contributed by atoms with Crippen LogP contribution in [0.1, 0.15) is 30.1 Å². The molecule has 1 atom stereocenters. The highest BCUT2D eigenvalue weighted by Crippen LogP contribution is 2.21. The number of aliphatic hydroxyl groups excluding tert-OH is 1. The summed E-state index contributed by atoms with van der Waals surface area (Å²) in [4.78, 5) is 17.2. The minimum atomic E-state index is -0.330. The Balaban J connectivity index is 1.97. The van der Waals surface area contributed by atoms with Crippen LogP contribution in [0.2, 0.25) is 0 Å². The van der Waals surface area contributed by atoms with E-state index in [9.17, 15) is 9.90 Å². The Morgan fingerprint density at radius 1 is 1.42 bits per heavy atom. The number of esters is 1. The van der Waals surface area contributed by atoms with Crippen LogP contribution in [0.25, 0.3) is 0 Å². The van der Waals surface area contributed by atoms with Crippen molar-refractivity contribution in [1.29, 1.82) is 0 Å². The number of rotatable bonds is 5. The second-order valence-corrected chi connectivity index (χ2v) is 4.46. The van der Waals surface area contributed by atoms with E-state index in [1.807, 2.05) is 0 Å². The predicted octanol–water partition coefficient (Wildman–Crippen LogP) is 1.61. The summed E-state index contributed by atoms with van der Waals surface area (Å²) in [5.74, 6) is 0.330. The lowest BCUT2D eigenvalue weighted by atomic mass is 10.2. The lowest BCUT2D eigenvalue weighted by molar-refractivity contribution is -0.0828. The van der Waals surface area contributed by atoms with Gasteiger partial charge in [0.15, 0.2) is 0 Å². The number of carbonyl (C=O) groups excluding carboxylic acids is 1. The Bertz CT molecular complexity index is 418. The number of hydrogen-bond acceptors (Lipinski definition) is 5. The van der Waals surface area contributed by atoms with E-state index in [2.05, 4.69) is 0 Å². The number of carbonyl (C=O) groups is 1. The summed E-state index contributed by atoms with van der Waals surface area (Å²) in [6.45, 7) is 3.05. The van der Waals surface area contributed by atoms with E-state index in [4.69, 9.17) is 9.57 Å². The molecule has 1 aromatic carbocycles. The smallest absolute Gasteiger partial charge is 0.338 e. The van der Waals surface area contributed by atoms with Gasteiger partial charge < -0.3 is 14.7 Å². The van der Waals surface area contributed by atoms with Gasteiger partial charge in [-0.1, -0.05) is 0 Å². The molecule has 0 bridgehead atoms. The molecule has 0 aliphatic carbocycles. The maximum atomic E-state index is 11.5. The molecular weight excluding hydrogens is 246 g/mol. The van der Waals surface area contributed by atoms with Crippen LogP contribution in [0.5, 0.6) is 5.75 Å². The zero-order valence-electron chi connectivity index (χ0n) is 11.0. The van der Waals surface area contributed by atoms with Crippen molar-refractivity contribution < 1.29 is 19.5 Å². The highest BCUT2D eigenvalue weighted by molar-refractivity contribution is 5.89. The molecule has 0 aromatic heterocycles. The SMILES string of the molecule is CCOC(=O)c1ccc(ON2CCC[C@H]2CO)cc1. The first-order chi connectivity index (χ1) is 9.24. The Kier molecular flexibility index (Phi) is 4.76. The molecule has 1 aliphatic heterocycles. The summed E-state index contributed by atoms with van der Waals surface area (Å²) in [7, 11) is 0. The molecule has 5 heteroatoms. The first kappa shape index (κ1) is 13.8. The van der Waals surface area contributed by atoms with Crippen LogP contribution in [-0.2, 0) is 4.74 Å². The van der Waals surface area contributed by atoms with Gasteiger partial charge in [-0.15, -0.1) is 5.06 Å². The molecule has 0 spiro atoms. The standard InChI is InChI=1S/C14H19NO4/c1-2-18-14(17)11-5-7-13(8-6-11)19-15-9-3-4-12(15)10-16/h5-8,12,16H,2-4,9-10H2,1H3/t12-/m0/s1. The third-order valence-electron chi connectivity index (χ3n) is 3.12. The monoisotopic (exact) mass is 265 g/mol. The average molecular weight is 265 g/mol. The zero-order valence-corrected chi connectivity index (χ0v) is 11.0. The molecule has 104 valence electrons. The summed E-state index contributed by atoms with van der Waals surface area (Å²) in [6, 6.07) is 6.89.